The molecule has 0 heterocycles. The SMILES string of the molecule is C=C[Si](C)(OC)OC.[SiH4]. The monoisotopic (exact) mass is 164 g/mol. The van der Waals surface area contributed by atoms with Crippen molar-refractivity contribution in [3.05, 3.63) is 12.3 Å². The molecule has 0 fully saturated rings. The average Bonchev–Trinajstić information content (AvgIpc) is 1.87. The van der Waals surface area contributed by atoms with Gasteiger partial charge in [-0.25, -0.2) is 0 Å². The Morgan fingerprint density at radius 3 is 1.67 bits per heavy atom. The van der Waals surface area contributed by atoms with Crippen molar-refractivity contribution in [2.45, 2.75) is 6.55 Å². The molecule has 0 aromatic heterocycles. The molecule has 0 aromatic rings. The second-order valence-corrected chi connectivity index (χ2v) is 4.88. The number of hydrogen-bond acceptors (Lipinski definition) is 2. The van der Waals surface area contributed by atoms with E-state index in [0.717, 1.165) is 0 Å². The average molecular weight is 164 g/mol. The van der Waals surface area contributed by atoms with Crippen molar-refractivity contribution in [3.8, 4) is 0 Å². The highest BCUT2D eigenvalue weighted by Gasteiger charge is 2.22. The van der Waals surface area contributed by atoms with Gasteiger partial charge >= 0.3 is 8.56 Å². The van der Waals surface area contributed by atoms with E-state index in [9.17, 15) is 0 Å². The lowest BCUT2D eigenvalue weighted by atomic mass is 11.3. The maximum atomic E-state index is 5.03. The lowest BCUT2D eigenvalue weighted by Crippen LogP contribution is -2.33. The van der Waals surface area contributed by atoms with Gasteiger partial charge < -0.3 is 8.85 Å². The van der Waals surface area contributed by atoms with E-state index < -0.39 is 8.56 Å². The molecule has 0 amide bonds. The molecular formula is C5H16O2Si2. The van der Waals surface area contributed by atoms with E-state index in [1.54, 1.807) is 19.9 Å². The van der Waals surface area contributed by atoms with Crippen molar-refractivity contribution >= 4 is 19.5 Å². The lowest BCUT2D eigenvalue weighted by molar-refractivity contribution is 0.264. The molecule has 4 heteroatoms. The summed E-state index contributed by atoms with van der Waals surface area (Å²) in [7, 11) is 1.37. The molecule has 0 radical (unpaired) electrons. The molecule has 0 atom stereocenters. The van der Waals surface area contributed by atoms with Crippen LogP contribution in [0.3, 0.4) is 0 Å². The van der Waals surface area contributed by atoms with Crippen molar-refractivity contribution in [2.75, 3.05) is 14.2 Å². The molecule has 56 valence electrons. The van der Waals surface area contributed by atoms with E-state index in [2.05, 4.69) is 6.58 Å². The minimum absolute atomic E-state index is 0. The largest absolute Gasteiger partial charge is 0.395 e. The Morgan fingerprint density at radius 2 is 1.67 bits per heavy atom. The Kier molecular flexibility index (Phi) is 6.48. The van der Waals surface area contributed by atoms with Gasteiger partial charge in [0.1, 0.15) is 0 Å². The third-order valence-electron chi connectivity index (χ3n) is 1.18. The van der Waals surface area contributed by atoms with Gasteiger partial charge in [0.05, 0.1) is 0 Å². The standard InChI is InChI=1S/C5H12O2Si.H4Si/c1-5-8(4,6-2)7-3;/h5H,1H2,2-4H3;1H4. The van der Waals surface area contributed by atoms with E-state index in [1.165, 1.54) is 0 Å². The molecular weight excluding hydrogens is 148 g/mol. The molecule has 0 saturated carbocycles. The normalized spacial score (nSPS) is 10.1. The van der Waals surface area contributed by atoms with Crippen LogP contribution in [0.15, 0.2) is 12.3 Å². The summed E-state index contributed by atoms with van der Waals surface area (Å²) in [6.07, 6.45) is 0. The molecule has 0 aliphatic heterocycles. The minimum atomic E-state index is -1.91. The highest BCUT2D eigenvalue weighted by Crippen LogP contribution is 2.02. The molecule has 0 aromatic carbocycles. The first-order chi connectivity index (χ1) is 3.68. The summed E-state index contributed by atoms with van der Waals surface area (Å²) < 4.78 is 10.1. The van der Waals surface area contributed by atoms with Gasteiger partial charge in [-0.1, -0.05) is 0 Å². The Bertz CT molecular complexity index is 81.0. The van der Waals surface area contributed by atoms with Crippen LogP contribution in [-0.4, -0.2) is 33.7 Å². The third kappa shape index (κ3) is 3.63. The van der Waals surface area contributed by atoms with E-state index in [4.69, 9.17) is 8.85 Å². The van der Waals surface area contributed by atoms with Gasteiger partial charge in [0, 0.05) is 14.2 Å². The highest BCUT2D eigenvalue weighted by atomic mass is 28.4. The summed E-state index contributed by atoms with van der Waals surface area (Å²) in [5.41, 5.74) is 1.74. The van der Waals surface area contributed by atoms with E-state index in [1.807, 2.05) is 6.55 Å². The van der Waals surface area contributed by atoms with Crippen LogP contribution in [0.25, 0.3) is 0 Å². The third-order valence-corrected chi connectivity index (χ3v) is 3.54. The molecule has 0 aliphatic rings. The van der Waals surface area contributed by atoms with Gasteiger partial charge in [0.2, 0.25) is 0 Å². The van der Waals surface area contributed by atoms with Crippen LogP contribution in [0.5, 0.6) is 0 Å². The fourth-order valence-corrected chi connectivity index (χ4v) is 0.750. The topological polar surface area (TPSA) is 18.5 Å². The van der Waals surface area contributed by atoms with E-state index in [0.29, 0.717) is 0 Å². The molecule has 0 saturated heterocycles. The summed E-state index contributed by atoms with van der Waals surface area (Å²) in [6, 6.07) is 0. The van der Waals surface area contributed by atoms with Crippen molar-refractivity contribution in [3.63, 3.8) is 0 Å². The molecule has 0 rings (SSSR count). The van der Waals surface area contributed by atoms with Crippen molar-refractivity contribution in [1.82, 2.24) is 0 Å². The predicted molar refractivity (Wildman–Crippen MR) is 47.2 cm³/mol. The van der Waals surface area contributed by atoms with Crippen LogP contribution >= 0.6 is 0 Å². The summed E-state index contributed by atoms with van der Waals surface area (Å²) in [6.45, 7) is 5.52. The van der Waals surface area contributed by atoms with Gasteiger partial charge in [-0.15, -0.1) is 6.58 Å². The van der Waals surface area contributed by atoms with Crippen LogP contribution in [0.2, 0.25) is 6.55 Å². The fourth-order valence-electron chi connectivity index (χ4n) is 0.250. The quantitative estimate of drug-likeness (QED) is 0.530. The smallest absolute Gasteiger partial charge is 0.360 e. The zero-order valence-electron chi connectivity index (χ0n) is 5.60. The molecule has 0 aliphatic carbocycles. The second-order valence-electron chi connectivity index (χ2n) is 1.63. The van der Waals surface area contributed by atoms with E-state index >= 15 is 0 Å². The first-order valence-corrected chi connectivity index (χ1v) is 4.82. The summed E-state index contributed by atoms with van der Waals surface area (Å²) in [5.74, 6) is 0. The van der Waals surface area contributed by atoms with Crippen molar-refractivity contribution in [1.29, 1.82) is 0 Å². The van der Waals surface area contributed by atoms with Crippen LogP contribution in [0.1, 0.15) is 0 Å². The van der Waals surface area contributed by atoms with Crippen molar-refractivity contribution in [2.24, 2.45) is 0 Å². The molecule has 9 heavy (non-hydrogen) atoms. The summed E-state index contributed by atoms with van der Waals surface area (Å²) in [5, 5.41) is 0. The number of rotatable bonds is 3. The van der Waals surface area contributed by atoms with Gasteiger partial charge in [-0.2, -0.15) is 0 Å². The zero-order valence-corrected chi connectivity index (χ0v) is 6.60. The molecule has 0 unspecified atom stereocenters. The highest BCUT2D eigenvalue weighted by molar-refractivity contribution is 6.71. The molecule has 2 nitrogen and oxygen atoms in total. The fraction of sp³-hybridized carbons (Fsp3) is 0.600. The first-order valence-electron chi connectivity index (χ1n) is 2.42. The molecule has 0 N–H and O–H groups in total. The molecule has 0 bridgehead atoms. The van der Waals surface area contributed by atoms with Crippen molar-refractivity contribution < 1.29 is 8.85 Å². The van der Waals surface area contributed by atoms with Crippen LogP contribution in [-0.2, 0) is 8.85 Å². The van der Waals surface area contributed by atoms with Crippen LogP contribution < -0.4 is 0 Å². The predicted octanol–water partition coefficient (Wildman–Crippen LogP) is -0.375. The Balaban J connectivity index is 0. The second kappa shape index (κ2) is 4.93. The maximum Gasteiger partial charge on any atom is 0.360 e. The van der Waals surface area contributed by atoms with E-state index in [-0.39, 0.29) is 11.0 Å². The number of hydrogen-bond donors (Lipinski definition) is 0. The first kappa shape index (κ1) is 11.8. The van der Waals surface area contributed by atoms with Gasteiger partial charge in [-0.3, -0.25) is 0 Å². The van der Waals surface area contributed by atoms with Crippen LogP contribution in [0.4, 0.5) is 0 Å². The Morgan fingerprint density at radius 1 is 1.33 bits per heavy atom. The summed E-state index contributed by atoms with van der Waals surface area (Å²) in [4.78, 5) is 0. The Hall–Kier alpha value is 0.0938. The van der Waals surface area contributed by atoms with Crippen LogP contribution in [0, 0.1) is 0 Å². The molecule has 0 spiro atoms. The summed E-state index contributed by atoms with van der Waals surface area (Å²) >= 11 is 0. The van der Waals surface area contributed by atoms with Gasteiger partial charge in [0.15, 0.2) is 0 Å². The Labute approximate surface area is 62.1 Å². The zero-order chi connectivity index (χ0) is 6.62. The van der Waals surface area contributed by atoms with Gasteiger partial charge in [0.25, 0.3) is 0 Å². The minimum Gasteiger partial charge on any atom is -0.395 e. The maximum absolute atomic E-state index is 5.03. The lowest BCUT2D eigenvalue weighted by Gasteiger charge is -2.16. The van der Waals surface area contributed by atoms with Gasteiger partial charge in [-0.05, 0) is 23.2 Å².